The topological polar surface area (TPSA) is 79.8 Å². The molecule has 6 nitrogen and oxygen atoms in total. The summed E-state index contributed by atoms with van der Waals surface area (Å²) in [4.78, 5) is 25.0. The van der Waals surface area contributed by atoms with Crippen molar-refractivity contribution in [2.24, 2.45) is 11.0 Å². The van der Waals surface area contributed by atoms with Gasteiger partial charge in [0.25, 0.3) is 11.8 Å². The van der Waals surface area contributed by atoms with Crippen LogP contribution in [0.2, 0.25) is 5.02 Å². The molecule has 1 atom stereocenters. The van der Waals surface area contributed by atoms with E-state index >= 15 is 0 Å². The summed E-state index contributed by atoms with van der Waals surface area (Å²) >= 11 is 5.86. The van der Waals surface area contributed by atoms with Gasteiger partial charge >= 0.3 is 0 Å². The molecule has 0 saturated carbocycles. The number of ether oxygens (including phenoxy) is 1. The Morgan fingerprint density at radius 2 is 1.86 bits per heavy atom. The lowest BCUT2D eigenvalue weighted by molar-refractivity contribution is -0.123. The summed E-state index contributed by atoms with van der Waals surface area (Å²) in [6.45, 7) is 5.91. The van der Waals surface area contributed by atoms with E-state index in [2.05, 4.69) is 15.8 Å². The average Bonchev–Trinajstić information content (AvgIpc) is 2.68. The highest BCUT2D eigenvalue weighted by Gasteiger charge is 2.22. The van der Waals surface area contributed by atoms with Crippen LogP contribution in [0, 0.1) is 12.8 Å². The molecule has 154 valence electrons. The summed E-state index contributed by atoms with van der Waals surface area (Å²) in [5.74, 6) is 0.237. The summed E-state index contributed by atoms with van der Waals surface area (Å²) < 4.78 is 5.28. The maximum Gasteiger partial charge on any atom is 0.262 e. The van der Waals surface area contributed by atoms with Crippen molar-refractivity contribution in [3.8, 4) is 5.75 Å². The highest BCUT2D eigenvalue weighted by atomic mass is 35.5. The molecule has 2 rings (SSSR count). The van der Waals surface area contributed by atoms with Gasteiger partial charge in [-0.3, -0.25) is 9.59 Å². The number of rotatable bonds is 8. The minimum Gasteiger partial charge on any atom is -0.496 e. The molecule has 2 N–H and O–H groups in total. The third kappa shape index (κ3) is 6.91. The van der Waals surface area contributed by atoms with Crippen LogP contribution >= 0.6 is 11.6 Å². The van der Waals surface area contributed by atoms with Crippen molar-refractivity contribution in [3.05, 3.63) is 64.2 Å². The molecule has 0 bridgehead atoms. The van der Waals surface area contributed by atoms with Crippen LogP contribution in [0.5, 0.6) is 5.75 Å². The van der Waals surface area contributed by atoms with Crippen molar-refractivity contribution in [3.63, 3.8) is 0 Å². The molecular formula is C22H26ClN3O3. The molecule has 2 aromatic rings. The number of amides is 2. The van der Waals surface area contributed by atoms with E-state index in [1.807, 2.05) is 39.0 Å². The second-order valence-electron chi connectivity index (χ2n) is 7.13. The normalized spacial score (nSPS) is 12.1. The van der Waals surface area contributed by atoms with Crippen molar-refractivity contribution in [1.82, 2.24) is 10.7 Å². The molecule has 0 fully saturated rings. The Kier molecular flexibility index (Phi) is 8.21. The molecule has 0 radical (unpaired) electrons. The van der Waals surface area contributed by atoms with Gasteiger partial charge in [-0.25, -0.2) is 5.43 Å². The molecular weight excluding hydrogens is 390 g/mol. The number of nitrogens with zero attached hydrogens (tertiary/aromatic N) is 1. The lowest BCUT2D eigenvalue weighted by atomic mass is 10.0. The Balaban J connectivity index is 2.04. The monoisotopic (exact) mass is 415 g/mol. The first-order valence-corrected chi connectivity index (χ1v) is 9.72. The molecule has 0 heterocycles. The van der Waals surface area contributed by atoms with Crippen LogP contribution < -0.4 is 15.5 Å². The number of hydrogen-bond donors (Lipinski definition) is 2. The largest absolute Gasteiger partial charge is 0.496 e. The van der Waals surface area contributed by atoms with E-state index in [1.54, 1.807) is 31.4 Å². The Morgan fingerprint density at radius 3 is 2.48 bits per heavy atom. The first-order chi connectivity index (χ1) is 13.8. The number of halogens is 1. The summed E-state index contributed by atoms with van der Waals surface area (Å²) in [5, 5.41) is 7.33. The summed E-state index contributed by atoms with van der Waals surface area (Å²) in [7, 11) is 1.60. The lowest BCUT2D eigenvalue weighted by Crippen LogP contribution is -2.46. The zero-order valence-corrected chi connectivity index (χ0v) is 17.8. The SMILES string of the molecule is COc1cc(/C=N/NC(=O)C(CC(C)C)NC(=O)c2ccc(Cl)cc2)ccc1C. The molecule has 0 aliphatic rings. The second-order valence-corrected chi connectivity index (χ2v) is 7.56. The predicted molar refractivity (Wildman–Crippen MR) is 116 cm³/mol. The van der Waals surface area contributed by atoms with Crippen molar-refractivity contribution in [2.45, 2.75) is 33.2 Å². The summed E-state index contributed by atoms with van der Waals surface area (Å²) in [5.41, 5.74) is 4.74. The second kappa shape index (κ2) is 10.6. The third-order valence-corrected chi connectivity index (χ3v) is 4.51. The fourth-order valence-corrected chi connectivity index (χ4v) is 2.84. The molecule has 1 unspecified atom stereocenters. The smallest absolute Gasteiger partial charge is 0.262 e. The molecule has 0 aromatic heterocycles. The van der Waals surface area contributed by atoms with E-state index < -0.39 is 6.04 Å². The summed E-state index contributed by atoms with van der Waals surface area (Å²) in [6, 6.07) is 11.4. The first-order valence-electron chi connectivity index (χ1n) is 9.34. The zero-order chi connectivity index (χ0) is 21.4. The number of carbonyl (C=O) groups is 2. The van der Waals surface area contributed by atoms with Gasteiger partial charge in [0.2, 0.25) is 0 Å². The van der Waals surface area contributed by atoms with E-state index in [0.29, 0.717) is 17.0 Å². The number of aryl methyl sites for hydroxylation is 1. The maximum atomic E-state index is 12.6. The van der Waals surface area contributed by atoms with Crippen LogP contribution in [0.15, 0.2) is 47.6 Å². The Hall–Kier alpha value is -2.86. The van der Waals surface area contributed by atoms with E-state index in [-0.39, 0.29) is 17.7 Å². The van der Waals surface area contributed by atoms with Gasteiger partial charge in [0.15, 0.2) is 0 Å². The molecule has 2 amide bonds. The average molecular weight is 416 g/mol. The number of hydrogen-bond acceptors (Lipinski definition) is 4. The van der Waals surface area contributed by atoms with Gasteiger partial charge in [0.1, 0.15) is 11.8 Å². The van der Waals surface area contributed by atoms with Gasteiger partial charge in [0.05, 0.1) is 13.3 Å². The highest BCUT2D eigenvalue weighted by Crippen LogP contribution is 2.17. The number of methoxy groups -OCH3 is 1. The number of carbonyl (C=O) groups excluding carboxylic acids is 2. The third-order valence-electron chi connectivity index (χ3n) is 4.26. The minimum absolute atomic E-state index is 0.210. The van der Waals surface area contributed by atoms with Crippen molar-refractivity contribution in [2.75, 3.05) is 7.11 Å². The Labute approximate surface area is 176 Å². The molecule has 0 saturated heterocycles. The van der Waals surface area contributed by atoms with E-state index in [9.17, 15) is 9.59 Å². The molecule has 0 aliphatic heterocycles. The lowest BCUT2D eigenvalue weighted by Gasteiger charge is -2.19. The molecule has 0 aliphatic carbocycles. The van der Waals surface area contributed by atoms with Crippen LogP contribution in [-0.4, -0.2) is 31.2 Å². The number of benzene rings is 2. The minimum atomic E-state index is -0.706. The fourth-order valence-electron chi connectivity index (χ4n) is 2.71. The summed E-state index contributed by atoms with van der Waals surface area (Å²) in [6.07, 6.45) is 2.02. The van der Waals surface area contributed by atoms with Crippen LogP contribution in [0.4, 0.5) is 0 Å². The molecule has 7 heteroatoms. The quantitative estimate of drug-likeness (QED) is 0.506. The van der Waals surface area contributed by atoms with E-state index in [0.717, 1.165) is 16.9 Å². The van der Waals surface area contributed by atoms with Gasteiger partial charge in [-0.1, -0.05) is 37.6 Å². The van der Waals surface area contributed by atoms with Crippen LogP contribution in [0.1, 0.15) is 41.8 Å². The first kappa shape index (κ1) is 22.4. The Morgan fingerprint density at radius 1 is 1.17 bits per heavy atom. The van der Waals surface area contributed by atoms with Gasteiger partial charge < -0.3 is 10.1 Å². The van der Waals surface area contributed by atoms with Gasteiger partial charge in [0, 0.05) is 10.6 Å². The van der Waals surface area contributed by atoms with Gasteiger partial charge in [-0.05, 0) is 60.7 Å². The van der Waals surface area contributed by atoms with Crippen LogP contribution in [-0.2, 0) is 4.79 Å². The number of nitrogens with one attached hydrogen (secondary N) is 2. The van der Waals surface area contributed by atoms with Gasteiger partial charge in [-0.2, -0.15) is 5.10 Å². The highest BCUT2D eigenvalue weighted by molar-refractivity contribution is 6.30. The standard InChI is InChI=1S/C22H26ClN3O3/c1-14(2)11-19(25-21(27)17-7-9-18(23)10-8-17)22(28)26-24-13-16-6-5-15(3)20(12-16)29-4/h5-10,12-14,19H,11H2,1-4H3,(H,25,27)(H,26,28)/b24-13+. The zero-order valence-electron chi connectivity index (χ0n) is 17.0. The van der Waals surface area contributed by atoms with E-state index in [1.165, 1.54) is 6.21 Å². The fraction of sp³-hybridized carbons (Fsp3) is 0.318. The maximum absolute atomic E-state index is 12.6. The molecule has 0 spiro atoms. The number of hydrazone groups is 1. The van der Waals surface area contributed by atoms with Crippen molar-refractivity contribution >= 4 is 29.6 Å². The van der Waals surface area contributed by atoms with E-state index in [4.69, 9.17) is 16.3 Å². The molecule has 29 heavy (non-hydrogen) atoms. The van der Waals surface area contributed by atoms with Crippen LogP contribution in [0.3, 0.4) is 0 Å². The molecule has 2 aromatic carbocycles. The Bertz CT molecular complexity index is 879. The van der Waals surface area contributed by atoms with Crippen molar-refractivity contribution < 1.29 is 14.3 Å². The van der Waals surface area contributed by atoms with Crippen molar-refractivity contribution in [1.29, 1.82) is 0 Å². The van der Waals surface area contributed by atoms with Crippen LogP contribution in [0.25, 0.3) is 0 Å². The van der Waals surface area contributed by atoms with Gasteiger partial charge in [-0.15, -0.1) is 0 Å². The predicted octanol–water partition coefficient (Wildman–Crippen LogP) is 3.95.